The van der Waals surface area contributed by atoms with Crippen LogP contribution in [0.2, 0.25) is 0 Å². The zero-order valence-electron chi connectivity index (χ0n) is 17.5. The average molecular weight is 371 g/mol. The smallest absolute Gasteiger partial charge is 0.166 e. The fourth-order valence-electron chi connectivity index (χ4n) is 4.72. The molecule has 3 nitrogen and oxygen atoms in total. The van der Waals surface area contributed by atoms with E-state index >= 15 is 0 Å². The van der Waals surface area contributed by atoms with E-state index in [1.165, 1.54) is 16.7 Å². The quantitative estimate of drug-likeness (QED) is 0.686. The highest BCUT2D eigenvalue weighted by Gasteiger charge is 2.51. The first-order valence-electron chi connectivity index (χ1n) is 10.1. The monoisotopic (exact) mass is 370 g/mol. The summed E-state index contributed by atoms with van der Waals surface area (Å²) in [6, 6.07) is 4.16. The van der Waals surface area contributed by atoms with E-state index in [0.29, 0.717) is 6.42 Å². The van der Waals surface area contributed by atoms with Crippen LogP contribution in [0.25, 0.3) is 0 Å². The second kappa shape index (κ2) is 7.35. The van der Waals surface area contributed by atoms with Crippen LogP contribution in [0, 0.1) is 5.41 Å². The van der Waals surface area contributed by atoms with Crippen LogP contribution < -0.4 is 9.47 Å². The predicted molar refractivity (Wildman–Crippen MR) is 111 cm³/mol. The molecule has 0 saturated carbocycles. The Kier molecular flexibility index (Phi) is 5.45. The first-order chi connectivity index (χ1) is 12.7. The number of ether oxygens (including phenoxy) is 2. The van der Waals surface area contributed by atoms with Gasteiger partial charge in [-0.05, 0) is 42.7 Å². The van der Waals surface area contributed by atoms with Crippen LogP contribution in [-0.2, 0) is 11.8 Å². The maximum absolute atomic E-state index is 10.2. The molecule has 1 aliphatic heterocycles. The fourth-order valence-corrected chi connectivity index (χ4v) is 4.72. The average Bonchev–Trinajstić information content (AvgIpc) is 2.92. The van der Waals surface area contributed by atoms with Gasteiger partial charge in [0.05, 0.1) is 18.6 Å². The molecule has 0 radical (unpaired) electrons. The van der Waals surface area contributed by atoms with Crippen LogP contribution >= 0.6 is 0 Å². The summed E-state index contributed by atoms with van der Waals surface area (Å²) in [5.41, 5.74) is 3.87. The molecule has 0 saturated heterocycles. The fraction of sp³-hybridized carbons (Fsp3) is 0.583. The number of methoxy groups -OCH3 is 1. The van der Waals surface area contributed by atoms with Gasteiger partial charge in [0, 0.05) is 12.0 Å². The SMILES string of the molecule is C=C(CCC12C=CC(O)CC1Oc1c(OC)ccc(CC)c12)CC(C)(C)C. The van der Waals surface area contributed by atoms with Crippen molar-refractivity contribution in [3.05, 3.63) is 47.6 Å². The topological polar surface area (TPSA) is 38.7 Å². The van der Waals surface area contributed by atoms with Crippen LogP contribution in [-0.4, -0.2) is 24.4 Å². The molecular formula is C24H34O3. The molecule has 0 spiro atoms. The minimum Gasteiger partial charge on any atom is -0.493 e. The molecule has 3 unspecified atom stereocenters. The lowest BCUT2D eigenvalue weighted by atomic mass is 9.67. The lowest BCUT2D eigenvalue weighted by molar-refractivity contribution is 0.0845. The van der Waals surface area contributed by atoms with Crippen molar-refractivity contribution in [3.8, 4) is 11.5 Å². The summed E-state index contributed by atoms with van der Waals surface area (Å²) in [6.45, 7) is 13.3. The van der Waals surface area contributed by atoms with Crippen LogP contribution in [0.5, 0.6) is 11.5 Å². The van der Waals surface area contributed by atoms with E-state index in [1.54, 1.807) is 7.11 Å². The molecule has 3 heteroatoms. The highest BCUT2D eigenvalue weighted by atomic mass is 16.5. The van der Waals surface area contributed by atoms with E-state index in [-0.39, 0.29) is 16.9 Å². The first kappa shape index (κ1) is 20.0. The molecule has 0 fully saturated rings. The predicted octanol–water partition coefficient (Wildman–Crippen LogP) is 5.35. The summed E-state index contributed by atoms with van der Waals surface area (Å²) in [5, 5.41) is 10.2. The first-order valence-corrected chi connectivity index (χ1v) is 10.1. The molecule has 3 atom stereocenters. The molecular weight excluding hydrogens is 336 g/mol. The van der Waals surface area contributed by atoms with Gasteiger partial charge in [-0.15, -0.1) is 0 Å². The van der Waals surface area contributed by atoms with Gasteiger partial charge in [0.2, 0.25) is 0 Å². The molecule has 2 aliphatic rings. The number of hydrogen-bond acceptors (Lipinski definition) is 3. The van der Waals surface area contributed by atoms with Crippen LogP contribution in [0.3, 0.4) is 0 Å². The van der Waals surface area contributed by atoms with Crippen molar-refractivity contribution in [2.45, 2.75) is 77.4 Å². The standard InChI is InChI=1S/C24H34O3/c1-7-17-8-9-19(26-6)22-21(17)24(12-10-16(2)15-23(3,4)5)13-11-18(25)14-20(24)27-22/h8-9,11,13,18,20,25H,2,7,10,12,14-15H2,1,3-6H3. The van der Waals surface area contributed by atoms with Crippen molar-refractivity contribution in [3.63, 3.8) is 0 Å². The molecule has 1 aromatic carbocycles. The van der Waals surface area contributed by atoms with Gasteiger partial charge in [-0.3, -0.25) is 0 Å². The molecule has 0 amide bonds. The molecule has 148 valence electrons. The Labute approximate surface area is 164 Å². The van der Waals surface area contributed by atoms with Crippen molar-refractivity contribution in [1.82, 2.24) is 0 Å². The molecule has 1 aromatic rings. The lowest BCUT2D eigenvalue weighted by Gasteiger charge is -2.37. The normalized spacial score (nSPS) is 26.3. The third-order valence-corrected chi connectivity index (χ3v) is 5.85. The van der Waals surface area contributed by atoms with Crippen LogP contribution in [0.4, 0.5) is 0 Å². The van der Waals surface area contributed by atoms with E-state index < -0.39 is 6.10 Å². The van der Waals surface area contributed by atoms with Crippen molar-refractivity contribution in [2.75, 3.05) is 7.11 Å². The van der Waals surface area contributed by atoms with Crippen molar-refractivity contribution in [1.29, 1.82) is 0 Å². The molecule has 1 heterocycles. The minimum absolute atomic E-state index is 0.0588. The summed E-state index contributed by atoms with van der Waals surface area (Å²) >= 11 is 0. The number of allylic oxidation sites excluding steroid dienone is 1. The molecule has 1 aliphatic carbocycles. The molecule has 0 bridgehead atoms. The van der Waals surface area contributed by atoms with E-state index in [2.05, 4.69) is 46.4 Å². The zero-order valence-corrected chi connectivity index (χ0v) is 17.5. The molecule has 1 N–H and O–H groups in total. The van der Waals surface area contributed by atoms with Gasteiger partial charge in [-0.2, -0.15) is 0 Å². The lowest BCUT2D eigenvalue weighted by Crippen LogP contribution is -2.42. The Morgan fingerprint density at radius 3 is 2.74 bits per heavy atom. The number of benzene rings is 1. The number of fused-ring (bicyclic) bond motifs is 3. The summed E-state index contributed by atoms with van der Waals surface area (Å²) < 4.78 is 12.0. The van der Waals surface area contributed by atoms with Crippen molar-refractivity contribution >= 4 is 0 Å². The van der Waals surface area contributed by atoms with E-state index in [4.69, 9.17) is 9.47 Å². The maximum atomic E-state index is 10.2. The van der Waals surface area contributed by atoms with Gasteiger partial charge in [-0.1, -0.05) is 58.1 Å². The van der Waals surface area contributed by atoms with E-state index in [9.17, 15) is 5.11 Å². The highest BCUT2D eigenvalue weighted by molar-refractivity contribution is 5.60. The Morgan fingerprint density at radius 1 is 1.37 bits per heavy atom. The number of rotatable bonds is 6. The second-order valence-corrected chi connectivity index (χ2v) is 9.28. The van der Waals surface area contributed by atoms with Crippen LogP contribution in [0.15, 0.2) is 36.4 Å². The van der Waals surface area contributed by atoms with Gasteiger partial charge in [-0.25, -0.2) is 0 Å². The molecule has 27 heavy (non-hydrogen) atoms. The van der Waals surface area contributed by atoms with Gasteiger partial charge in [0.1, 0.15) is 6.10 Å². The van der Waals surface area contributed by atoms with E-state index in [0.717, 1.165) is 37.2 Å². The third-order valence-electron chi connectivity index (χ3n) is 5.85. The summed E-state index contributed by atoms with van der Waals surface area (Å²) in [6.07, 6.45) is 8.11. The van der Waals surface area contributed by atoms with Gasteiger partial charge in [0.25, 0.3) is 0 Å². The maximum Gasteiger partial charge on any atom is 0.166 e. The van der Waals surface area contributed by atoms with Crippen molar-refractivity contribution < 1.29 is 14.6 Å². The second-order valence-electron chi connectivity index (χ2n) is 9.28. The molecule has 3 rings (SSSR count). The minimum atomic E-state index is -0.453. The van der Waals surface area contributed by atoms with Gasteiger partial charge >= 0.3 is 0 Å². The van der Waals surface area contributed by atoms with Gasteiger partial charge in [0.15, 0.2) is 11.5 Å². The number of hydrogen-bond donors (Lipinski definition) is 1. The van der Waals surface area contributed by atoms with Crippen molar-refractivity contribution in [2.24, 2.45) is 5.41 Å². The summed E-state index contributed by atoms with van der Waals surface area (Å²) in [4.78, 5) is 0. The van der Waals surface area contributed by atoms with Crippen LogP contribution in [0.1, 0.15) is 64.5 Å². The van der Waals surface area contributed by atoms with E-state index in [1.807, 2.05) is 12.1 Å². The Balaban J connectivity index is 2.00. The number of aliphatic hydroxyl groups is 1. The number of aliphatic hydroxyl groups excluding tert-OH is 1. The zero-order chi connectivity index (χ0) is 19.8. The Bertz CT molecular complexity index is 741. The highest BCUT2D eigenvalue weighted by Crippen LogP contribution is 2.55. The third kappa shape index (κ3) is 3.80. The van der Waals surface area contributed by atoms with Gasteiger partial charge < -0.3 is 14.6 Å². The number of aryl methyl sites for hydroxylation is 1. The largest absolute Gasteiger partial charge is 0.493 e. The summed E-state index contributed by atoms with van der Waals surface area (Å²) in [7, 11) is 1.69. The Hall–Kier alpha value is -1.74. The Morgan fingerprint density at radius 2 is 2.11 bits per heavy atom. The summed E-state index contributed by atoms with van der Waals surface area (Å²) in [5.74, 6) is 1.65. The molecule has 0 aromatic heterocycles.